The van der Waals surface area contributed by atoms with Crippen LogP contribution in [0.25, 0.3) is 0 Å². The van der Waals surface area contributed by atoms with Crippen LogP contribution >= 0.6 is 11.6 Å². The maximum absolute atomic E-state index is 11.6. The number of hydrogen-bond acceptors (Lipinski definition) is 2. The first-order valence-corrected chi connectivity index (χ1v) is 10.2. The maximum atomic E-state index is 11.6. The van der Waals surface area contributed by atoms with Gasteiger partial charge in [-0.2, -0.15) is 0 Å². The molecule has 0 aliphatic heterocycles. The molecule has 0 radical (unpaired) electrons. The molecule has 23 heavy (non-hydrogen) atoms. The fraction of sp³-hybridized carbons (Fsp3) is 0.950. The Hall–Kier alpha value is -0.240. The molecule has 0 heterocycles. The highest BCUT2D eigenvalue weighted by atomic mass is 35.5. The molecule has 0 aromatic carbocycles. The van der Waals surface area contributed by atoms with Crippen LogP contribution < -0.4 is 0 Å². The Kier molecular flexibility index (Phi) is 14.0. The largest absolute Gasteiger partial charge is 0.460 e. The lowest BCUT2D eigenvalue weighted by molar-refractivity contribution is -0.154. The number of ether oxygens (including phenoxy) is 1. The molecule has 0 fully saturated rings. The summed E-state index contributed by atoms with van der Waals surface area (Å²) in [5.74, 6) is 1.59. The SMILES string of the molecule is CCC(CCCl)CCCCCCCCCCC(=O)OC(C)(C)C. The third-order valence-corrected chi connectivity index (χ3v) is 4.48. The summed E-state index contributed by atoms with van der Waals surface area (Å²) in [6, 6.07) is 0. The lowest BCUT2D eigenvalue weighted by Crippen LogP contribution is -2.23. The average Bonchev–Trinajstić information content (AvgIpc) is 2.46. The van der Waals surface area contributed by atoms with Crippen molar-refractivity contribution >= 4 is 17.6 Å². The van der Waals surface area contributed by atoms with Gasteiger partial charge in [0.05, 0.1) is 0 Å². The van der Waals surface area contributed by atoms with Gasteiger partial charge in [0, 0.05) is 12.3 Å². The van der Waals surface area contributed by atoms with Gasteiger partial charge in [-0.3, -0.25) is 4.79 Å². The zero-order valence-electron chi connectivity index (χ0n) is 16.0. The number of halogens is 1. The van der Waals surface area contributed by atoms with E-state index in [1.165, 1.54) is 57.8 Å². The van der Waals surface area contributed by atoms with Crippen molar-refractivity contribution < 1.29 is 9.53 Å². The molecule has 0 spiro atoms. The van der Waals surface area contributed by atoms with Crippen molar-refractivity contribution in [1.29, 1.82) is 0 Å². The van der Waals surface area contributed by atoms with E-state index in [0.29, 0.717) is 6.42 Å². The minimum Gasteiger partial charge on any atom is -0.460 e. The van der Waals surface area contributed by atoms with Crippen LogP contribution in [0, 0.1) is 5.92 Å². The number of carbonyl (C=O) groups excluding carboxylic acids is 1. The molecule has 3 heteroatoms. The van der Waals surface area contributed by atoms with Gasteiger partial charge in [-0.05, 0) is 39.5 Å². The van der Waals surface area contributed by atoms with Crippen LogP contribution in [0.15, 0.2) is 0 Å². The maximum Gasteiger partial charge on any atom is 0.306 e. The third-order valence-electron chi connectivity index (χ3n) is 4.26. The first-order chi connectivity index (χ1) is 10.9. The second-order valence-corrected chi connectivity index (χ2v) is 8.08. The summed E-state index contributed by atoms with van der Waals surface area (Å²) in [5.41, 5.74) is -0.350. The van der Waals surface area contributed by atoms with E-state index in [-0.39, 0.29) is 11.6 Å². The Labute approximate surface area is 149 Å². The fourth-order valence-corrected chi connectivity index (χ4v) is 3.17. The zero-order chi connectivity index (χ0) is 17.6. The van der Waals surface area contributed by atoms with Gasteiger partial charge in [0.2, 0.25) is 0 Å². The van der Waals surface area contributed by atoms with Gasteiger partial charge >= 0.3 is 5.97 Å². The van der Waals surface area contributed by atoms with E-state index in [4.69, 9.17) is 16.3 Å². The molecule has 0 saturated carbocycles. The summed E-state index contributed by atoms with van der Waals surface area (Å²) < 4.78 is 5.31. The molecule has 0 bridgehead atoms. The predicted molar refractivity (Wildman–Crippen MR) is 101 cm³/mol. The van der Waals surface area contributed by atoms with Crippen LogP contribution in [-0.2, 0) is 9.53 Å². The van der Waals surface area contributed by atoms with E-state index < -0.39 is 0 Å². The van der Waals surface area contributed by atoms with Crippen LogP contribution in [0.3, 0.4) is 0 Å². The van der Waals surface area contributed by atoms with Crippen molar-refractivity contribution in [3.8, 4) is 0 Å². The Morgan fingerprint density at radius 2 is 1.43 bits per heavy atom. The minimum absolute atomic E-state index is 0.0556. The molecule has 0 aliphatic carbocycles. The molecule has 0 aromatic rings. The van der Waals surface area contributed by atoms with E-state index in [2.05, 4.69) is 6.92 Å². The molecular weight excluding hydrogens is 308 g/mol. The van der Waals surface area contributed by atoms with Crippen molar-refractivity contribution in [2.45, 2.75) is 110 Å². The second kappa shape index (κ2) is 14.1. The number of hydrogen-bond donors (Lipinski definition) is 0. The quantitative estimate of drug-likeness (QED) is 0.194. The zero-order valence-corrected chi connectivity index (χ0v) is 16.7. The monoisotopic (exact) mass is 346 g/mol. The summed E-state index contributed by atoms with van der Waals surface area (Å²) in [6.07, 6.45) is 14.4. The van der Waals surface area contributed by atoms with Crippen LogP contribution in [0.2, 0.25) is 0 Å². The smallest absolute Gasteiger partial charge is 0.306 e. The van der Waals surface area contributed by atoms with Gasteiger partial charge in [0.1, 0.15) is 5.60 Å². The van der Waals surface area contributed by atoms with E-state index in [9.17, 15) is 4.79 Å². The summed E-state index contributed by atoms with van der Waals surface area (Å²) in [6.45, 7) is 8.03. The molecule has 1 unspecified atom stereocenters. The molecule has 0 aliphatic rings. The van der Waals surface area contributed by atoms with Gasteiger partial charge in [0.15, 0.2) is 0 Å². The second-order valence-electron chi connectivity index (χ2n) is 7.71. The molecule has 0 N–H and O–H groups in total. The molecule has 0 aromatic heterocycles. The Balaban J connectivity index is 3.32. The predicted octanol–water partition coefficient (Wildman–Crippen LogP) is 6.88. The summed E-state index contributed by atoms with van der Waals surface area (Å²) in [4.78, 5) is 11.6. The topological polar surface area (TPSA) is 26.3 Å². The average molecular weight is 347 g/mol. The van der Waals surface area contributed by atoms with E-state index in [0.717, 1.165) is 24.6 Å². The lowest BCUT2D eigenvalue weighted by atomic mass is 9.95. The molecule has 0 amide bonds. The van der Waals surface area contributed by atoms with Crippen LogP contribution in [0.4, 0.5) is 0 Å². The lowest BCUT2D eigenvalue weighted by Gasteiger charge is -2.19. The first kappa shape index (κ1) is 22.8. The standard InChI is InChI=1S/C20H39ClO2/c1-5-18(16-17-21)14-12-10-8-6-7-9-11-13-15-19(22)23-20(2,3)4/h18H,5-17H2,1-4H3. The van der Waals surface area contributed by atoms with Crippen LogP contribution in [-0.4, -0.2) is 17.5 Å². The number of alkyl halides is 1. The molecule has 0 rings (SSSR count). The van der Waals surface area contributed by atoms with Crippen LogP contribution in [0.5, 0.6) is 0 Å². The van der Waals surface area contributed by atoms with Crippen molar-refractivity contribution in [3.63, 3.8) is 0 Å². The van der Waals surface area contributed by atoms with Crippen molar-refractivity contribution in [3.05, 3.63) is 0 Å². The van der Waals surface area contributed by atoms with Crippen LogP contribution in [0.1, 0.15) is 105 Å². The molecule has 138 valence electrons. The number of carbonyl (C=O) groups is 1. The summed E-state index contributed by atoms with van der Waals surface area (Å²) in [5, 5.41) is 0. The van der Waals surface area contributed by atoms with Gasteiger partial charge in [-0.1, -0.05) is 64.7 Å². The van der Waals surface area contributed by atoms with Gasteiger partial charge in [-0.15, -0.1) is 11.6 Å². The Bertz CT molecular complexity index is 284. The van der Waals surface area contributed by atoms with E-state index in [1.807, 2.05) is 20.8 Å². The number of rotatable bonds is 14. The van der Waals surface area contributed by atoms with Gasteiger partial charge in [0.25, 0.3) is 0 Å². The van der Waals surface area contributed by atoms with Gasteiger partial charge in [-0.25, -0.2) is 0 Å². The van der Waals surface area contributed by atoms with E-state index in [1.54, 1.807) is 0 Å². The Morgan fingerprint density at radius 3 is 1.91 bits per heavy atom. The first-order valence-electron chi connectivity index (χ1n) is 9.67. The third kappa shape index (κ3) is 16.4. The van der Waals surface area contributed by atoms with Crippen molar-refractivity contribution in [2.24, 2.45) is 5.92 Å². The minimum atomic E-state index is -0.350. The molecule has 1 atom stereocenters. The molecule has 0 saturated heterocycles. The molecule has 2 nitrogen and oxygen atoms in total. The van der Waals surface area contributed by atoms with Gasteiger partial charge < -0.3 is 4.74 Å². The molecular formula is C20H39ClO2. The fourth-order valence-electron chi connectivity index (χ4n) is 2.86. The van der Waals surface area contributed by atoms with Crippen molar-refractivity contribution in [2.75, 3.05) is 5.88 Å². The highest BCUT2D eigenvalue weighted by Crippen LogP contribution is 2.19. The summed E-state index contributed by atoms with van der Waals surface area (Å²) in [7, 11) is 0. The summed E-state index contributed by atoms with van der Waals surface area (Å²) >= 11 is 5.82. The number of unbranched alkanes of at least 4 members (excludes halogenated alkanes) is 7. The highest BCUT2D eigenvalue weighted by Gasteiger charge is 2.15. The number of esters is 1. The van der Waals surface area contributed by atoms with Crippen molar-refractivity contribution in [1.82, 2.24) is 0 Å². The van der Waals surface area contributed by atoms with E-state index >= 15 is 0 Å². The Morgan fingerprint density at radius 1 is 0.913 bits per heavy atom. The normalized spacial score (nSPS) is 13.1. The highest BCUT2D eigenvalue weighted by molar-refractivity contribution is 6.17.